The molecule has 4 N–H and O–H groups in total. The molecule has 0 amide bonds. The molecule has 1 aromatic carbocycles. The van der Waals surface area contributed by atoms with E-state index in [0.717, 1.165) is 32.0 Å². The van der Waals surface area contributed by atoms with Crippen molar-refractivity contribution >= 4 is 42.4 Å². The van der Waals surface area contributed by atoms with Crippen LogP contribution in [0.3, 0.4) is 0 Å². The van der Waals surface area contributed by atoms with E-state index in [9.17, 15) is 17.6 Å². The summed E-state index contributed by atoms with van der Waals surface area (Å²) >= 11 is 0. The van der Waals surface area contributed by atoms with Gasteiger partial charge in [-0.3, -0.25) is 0 Å². The first-order chi connectivity index (χ1) is 10.3. The van der Waals surface area contributed by atoms with Crippen molar-refractivity contribution in [1.82, 2.24) is 4.90 Å². The topological polar surface area (TPSA) is 80.0 Å². The first-order valence-corrected chi connectivity index (χ1v) is 6.57. The maximum atomic E-state index is 13.4. The van der Waals surface area contributed by atoms with Crippen LogP contribution in [-0.2, 0) is 6.18 Å². The molecule has 1 fully saturated rings. The fourth-order valence-corrected chi connectivity index (χ4v) is 2.10. The van der Waals surface area contributed by atoms with Crippen LogP contribution in [0.25, 0.3) is 0 Å². The fraction of sp³-hybridized carbons (Fsp3) is 0.385. The smallest absolute Gasteiger partial charge is 0.369 e. The van der Waals surface area contributed by atoms with E-state index in [0.29, 0.717) is 12.1 Å². The predicted octanol–water partition coefficient (Wildman–Crippen LogP) is 3.04. The van der Waals surface area contributed by atoms with Gasteiger partial charge in [0.2, 0.25) is 5.96 Å². The van der Waals surface area contributed by atoms with Crippen molar-refractivity contribution in [3.05, 3.63) is 29.6 Å². The predicted molar refractivity (Wildman–Crippen MR) is 89.6 cm³/mol. The number of hydrogen-bond donors (Lipinski definition) is 2. The van der Waals surface area contributed by atoms with Crippen molar-refractivity contribution in [3.63, 3.8) is 0 Å². The number of halogens is 6. The highest BCUT2D eigenvalue weighted by Gasteiger charge is 2.33. The van der Waals surface area contributed by atoms with Crippen molar-refractivity contribution in [2.45, 2.75) is 19.0 Å². The first kappa shape index (κ1) is 22.3. The number of hydrogen-bond acceptors (Lipinski definition) is 1. The third-order valence-electron chi connectivity index (χ3n) is 3.16. The second-order valence-electron chi connectivity index (χ2n) is 4.80. The lowest BCUT2D eigenvalue weighted by atomic mass is 10.2. The zero-order chi connectivity index (χ0) is 16.3. The molecule has 1 aromatic rings. The van der Waals surface area contributed by atoms with Gasteiger partial charge < -0.3 is 16.4 Å². The summed E-state index contributed by atoms with van der Waals surface area (Å²) in [6.07, 6.45) is -2.76. The highest BCUT2D eigenvalue weighted by Crippen LogP contribution is 2.32. The van der Waals surface area contributed by atoms with Gasteiger partial charge in [0, 0.05) is 19.2 Å². The van der Waals surface area contributed by atoms with E-state index in [1.54, 1.807) is 0 Å². The standard InChI is InChI=1S/C13H15F4N5.2ClH/c14-10-7-8(3-4-9(10)13(15,16)17)20-11(18)21-12(19)22-5-1-2-6-22;;/h3-4,7H,1-2,5-6H2,(H4,18,19,20,21);2*1H. The van der Waals surface area contributed by atoms with Gasteiger partial charge in [-0.15, -0.1) is 24.8 Å². The molecule has 11 heteroatoms. The summed E-state index contributed by atoms with van der Waals surface area (Å²) < 4.78 is 50.7. The van der Waals surface area contributed by atoms with Crippen molar-refractivity contribution in [2.75, 3.05) is 13.1 Å². The zero-order valence-corrected chi connectivity index (χ0v) is 14.0. The zero-order valence-electron chi connectivity index (χ0n) is 12.4. The second kappa shape index (κ2) is 8.93. The van der Waals surface area contributed by atoms with Gasteiger partial charge in [-0.05, 0) is 25.0 Å². The quantitative estimate of drug-likeness (QED) is 0.440. The molecule has 1 saturated heterocycles. The third-order valence-corrected chi connectivity index (χ3v) is 3.16. The van der Waals surface area contributed by atoms with Gasteiger partial charge in [0.05, 0.1) is 11.3 Å². The first-order valence-electron chi connectivity index (χ1n) is 6.57. The largest absolute Gasteiger partial charge is 0.419 e. The molecule has 0 aliphatic carbocycles. The molecule has 5 nitrogen and oxygen atoms in total. The van der Waals surface area contributed by atoms with E-state index < -0.39 is 17.6 Å². The Labute approximate surface area is 148 Å². The minimum Gasteiger partial charge on any atom is -0.369 e. The van der Waals surface area contributed by atoms with Crippen molar-refractivity contribution in [2.24, 2.45) is 21.5 Å². The fourth-order valence-electron chi connectivity index (χ4n) is 2.10. The summed E-state index contributed by atoms with van der Waals surface area (Å²) in [4.78, 5) is 9.42. The minimum absolute atomic E-state index is 0. The van der Waals surface area contributed by atoms with E-state index in [1.165, 1.54) is 0 Å². The average Bonchev–Trinajstić information content (AvgIpc) is 2.90. The monoisotopic (exact) mass is 389 g/mol. The summed E-state index contributed by atoms with van der Waals surface area (Å²) in [6, 6.07) is 2.27. The Morgan fingerprint density at radius 2 is 1.67 bits per heavy atom. The van der Waals surface area contributed by atoms with Crippen LogP contribution >= 0.6 is 24.8 Å². The molecule has 0 aromatic heterocycles. The Hall–Kier alpha value is -1.74. The highest BCUT2D eigenvalue weighted by atomic mass is 35.5. The normalized spacial score (nSPS) is 15.8. The summed E-state index contributed by atoms with van der Waals surface area (Å²) in [5.41, 5.74) is 9.87. The Morgan fingerprint density at radius 3 is 2.17 bits per heavy atom. The molecule has 0 radical (unpaired) electrons. The second-order valence-corrected chi connectivity index (χ2v) is 4.80. The van der Waals surface area contributed by atoms with Crippen LogP contribution in [0.4, 0.5) is 23.2 Å². The number of aliphatic imine (C=N–C) groups is 2. The minimum atomic E-state index is -4.75. The maximum Gasteiger partial charge on any atom is 0.419 e. The highest BCUT2D eigenvalue weighted by molar-refractivity contribution is 5.94. The van der Waals surface area contributed by atoms with Crippen molar-refractivity contribution in [1.29, 1.82) is 0 Å². The molecule has 24 heavy (non-hydrogen) atoms. The molecule has 136 valence electrons. The molecule has 1 aliphatic heterocycles. The number of rotatable bonds is 1. The van der Waals surface area contributed by atoms with Crippen molar-refractivity contribution < 1.29 is 17.6 Å². The molecular formula is C13H17Cl2F4N5. The van der Waals surface area contributed by atoms with Gasteiger partial charge in [-0.2, -0.15) is 18.2 Å². The molecular weight excluding hydrogens is 373 g/mol. The van der Waals surface area contributed by atoms with Gasteiger partial charge in [0.15, 0.2) is 5.96 Å². The third kappa shape index (κ3) is 5.72. The van der Waals surface area contributed by atoms with Gasteiger partial charge >= 0.3 is 6.18 Å². The van der Waals surface area contributed by atoms with Crippen LogP contribution in [0.15, 0.2) is 28.2 Å². The molecule has 2 rings (SSSR count). The van der Waals surface area contributed by atoms with E-state index in [-0.39, 0.29) is 42.4 Å². The number of guanidine groups is 2. The van der Waals surface area contributed by atoms with Crippen LogP contribution in [-0.4, -0.2) is 29.9 Å². The maximum absolute atomic E-state index is 13.4. The Morgan fingerprint density at radius 1 is 1.08 bits per heavy atom. The summed E-state index contributed by atoms with van der Waals surface area (Å²) in [7, 11) is 0. The van der Waals surface area contributed by atoms with Gasteiger partial charge in [0.25, 0.3) is 0 Å². The van der Waals surface area contributed by atoms with Crippen LogP contribution in [0, 0.1) is 5.82 Å². The van der Waals surface area contributed by atoms with E-state index in [1.807, 2.05) is 4.90 Å². The van der Waals surface area contributed by atoms with E-state index >= 15 is 0 Å². The SMILES string of the molecule is Cl.Cl.NC(=Nc1ccc(C(F)(F)F)c(F)c1)/N=C(/N)N1CCCC1. The Balaban J connectivity index is 0.00000264. The number of likely N-dealkylation sites (tertiary alicyclic amines) is 1. The molecule has 1 aliphatic rings. The lowest BCUT2D eigenvalue weighted by Gasteiger charge is -2.15. The molecule has 0 spiro atoms. The van der Waals surface area contributed by atoms with Gasteiger partial charge in [-0.25, -0.2) is 9.38 Å². The summed E-state index contributed by atoms with van der Waals surface area (Å²) in [6.45, 7) is 1.52. The van der Waals surface area contributed by atoms with Gasteiger partial charge in [-0.1, -0.05) is 0 Å². The molecule has 0 saturated carbocycles. The molecule has 0 unspecified atom stereocenters. The van der Waals surface area contributed by atoms with Crippen LogP contribution < -0.4 is 11.5 Å². The Kier molecular flexibility index (Phi) is 8.28. The molecule has 0 bridgehead atoms. The van der Waals surface area contributed by atoms with E-state index in [2.05, 4.69) is 9.98 Å². The van der Waals surface area contributed by atoms with E-state index in [4.69, 9.17) is 11.5 Å². The molecule has 1 heterocycles. The molecule has 0 atom stereocenters. The van der Waals surface area contributed by atoms with Crippen molar-refractivity contribution in [3.8, 4) is 0 Å². The lowest BCUT2D eigenvalue weighted by molar-refractivity contribution is -0.139. The van der Waals surface area contributed by atoms with Crippen LogP contribution in [0.2, 0.25) is 0 Å². The average molecular weight is 390 g/mol. The lowest BCUT2D eigenvalue weighted by Crippen LogP contribution is -2.36. The number of nitrogens with two attached hydrogens (primary N) is 2. The summed E-state index contributed by atoms with van der Waals surface area (Å²) in [5.74, 6) is -1.48. The number of nitrogens with zero attached hydrogens (tertiary/aromatic N) is 3. The van der Waals surface area contributed by atoms with Gasteiger partial charge in [0.1, 0.15) is 5.82 Å². The Bertz CT molecular complexity index is 613. The number of alkyl halides is 3. The summed E-state index contributed by atoms with van der Waals surface area (Å²) in [5, 5.41) is 0. The van der Waals surface area contributed by atoms with Crippen LogP contribution in [0.1, 0.15) is 18.4 Å². The number of benzene rings is 1. The van der Waals surface area contributed by atoms with Crippen LogP contribution in [0.5, 0.6) is 0 Å².